The van der Waals surface area contributed by atoms with Crippen LogP contribution in [0.5, 0.6) is 0 Å². The molecule has 4 heteroatoms. The Morgan fingerprint density at radius 2 is 2.16 bits per heavy atom. The molecule has 112 valence electrons. The molecule has 1 rings (SSSR count). The van der Waals surface area contributed by atoms with Gasteiger partial charge in [0.05, 0.1) is 12.5 Å². The van der Waals surface area contributed by atoms with Crippen LogP contribution in [-0.2, 0) is 9.53 Å². The summed E-state index contributed by atoms with van der Waals surface area (Å²) in [4.78, 5) is 11.7. The second-order valence-electron chi connectivity index (χ2n) is 5.32. The van der Waals surface area contributed by atoms with E-state index in [9.17, 15) is 4.79 Å². The Labute approximate surface area is 122 Å². The van der Waals surface area contributed by atoms with Gasteiger partial charge < -0.3 is 10.1 Å². The average Bonchev–Trinajstić information content (AvgIpc) is 2.43. The highest BCUT2D eigenvalue weighted by Gasteiger charge is 2.27. The van der Waals surface area contributed by atoms with Gasteiger partial charge in [-0.25, -0.2) is 0 Å². The molecule has 1 aliphatic carbocycles. The number of carbonyl (C=O) groups is 1. The Morgan fingerprint density at radius 1 is 1.32 bits per heavy atom. The molecule has 0 saturated heterocycles. The fraction of sp³-hybridized carbons (Fsp3) is 0.933. The van der Waals surface area contributed by atoms with Crippen molar-refractivity contribution in [3.63, 3.8) is 0 Å². The molecule has 0 aliphatic heterocycles. The van der Waals surface area contributed by atoms with Crippen LogP contribution < -0.4 is 5.32 Å². The van der Waals surface area contributed by atoms with Crippen LogP contribution in [0.4, 0.5) is 0 Å². The van der Waals surface area contributed by atoms with Crippen LogP contribution in [0.3, 0.4) is 0 Å². The van der Waals surface area contributed by atoms with E-state index < -0.39 is 0 Å². The summed E-state index contributed by atoms with van der Waals surface area (Å²) in [5, 5.41) is 3.61. The molecular formula is C15H29NO2S. The number of nitrogens with one attached hydrogen (secondary N) is 1. The second-order valence-corrected chi connectivity index (χ2v) is 6.31. The molecule has 3 nitrogen and oxygen atoms in total. The first-order valence-corrected chi connectivity index (χ1v) is 9.06. The number of esters is 1. The number of thioether (sulfide) groups is 1. The van der Waals surface area contributed by atoms with Crippen molar-refractivity contribution in [2.75, 3.05) is 25.2 Å². The molecule has 1 fully saturated rings. The summed E-state index contributed by atoms with van der Waals surface area (Å²) in [5.41, 5.74) is 0. The molecule has 0 spiro atoms. The van der Waals surface area contributed by atoms with Gasteiger partial charge >= 0.3 is 5.97 Å². The Balaban J connectivity index is 2.11. The molecule has 2 unspecified atom stereocenters. The summed E-state index contributed by atoms with van der Waals surface area (Å²) in [5.74, 6) is 1.41. The SMILES string of the molecule is CCOC(=O)C1CCCC(NCCCCCSC)C1. The van der Waals surface area contributed by atoms with Crippen LogP contribution in [0.1, 0.15) is 51.9 Å². The van der Waals surface area contributed by atoms with Crippen molar-refractivity contribution < 1.29 is 9.53 Å². The lowest BCUT2D eigenvalue weighted by molar-refractivity contribution is -0.149. The van der Waals surface area contributed by atoms with Gasteiger partial charge in [-0.3, -0.25) is 4.79 Å². The summed E-state index contributed by atoms with van der Waals surface area (Å²) in [6, 6.07) is 0.517. The van der Waals surface area contributed by atoms with E-state index in [1.54, 1.807) is 0 Å². The van der Waals surface area contributed by atoms with Crippen molar-refractivity contribution in [1.82, 2.24) is 5.32 Å². The minimum absolute atomic E-state index is 0.00831. The summed E-state index contributed by atoms with van der Waals surface area (Å²) >= 11 is 1.92. The molecule has 0 amide bonds. The third-order valence-electron chi connectivity index (χ3n) is 3.75. The maximum Gasteiger partial charge on any atom is 0.308 e. The molecular weight excluding hydrogens is 258 g/mol. The fourth-order valence-corrected chi connectivity index (χ4v) is 3.20. The van der Waals surface area contributed by atoms with Gasteiger partial charge in [-0.05, 0) is 57.6 Å². The first kappa shape index (κ1) is 16.8. The highest BCUT2D eigenvalue weighted by atomic mass is 32.2. The Bertz CT molecular complexity index is 248. The maximum atomic E-state index is 11.7. The van der Waals surface area contributed by atoms with E-state index in [1.807, 2.05) is 18.7 Å². The zero-order valence-corrected chi connectivity index (χ0v) is 13.3. The van der Waals surface area contributed by atoms with E-state index in [2.05, 4.69) is 11.6 Å². The molecule has 1 saturated carbocycles. The number of rotatable bonds is 9. The molecule has 0 aromatic rings. The van der Waals surface area contributed by atoms with Crippen LogP contribution in [-0.4, -0.2) is 37.2 Å². The van der Waals surface area contributed by atoms with Gasteiger partial charge in [0.1, 0.15) is 0 Å². The third-order valence-corrected chi connectivity index (χ3v) is 4.45. The second kappa shape index (κ2) is 10.6. The lowest BCUT2D eigenvalue weighted by atomic mass is 9.85. The minimum Gasteiger partial charge on any atom is -0.466 e. The monoisotopic (exact) mass is 287 g/mol. The number of hydrogen-bond acceptors (Lipinski definition) is 4. The van der Waals surface area contributed by atoms with Crippen LogP contribution >= 0.6 is 11.8 Å². The Kier molecular flexibility index (Phi) is 9.35. The zero-order valence-electron chi connectivity index (χ0n) is 12.5. The summed E-state index contributed by atoms with van der Waals surface area (Å²) < 4.78 is 5.13. The van der Waals surface area contributed by atoms with Crippen molar-refractivity contribution in [3.8, 4) is 0 Å². The van der Waals surface area contributed by atoms with Crippen molar-refractivity contribution in [2.45, 2.75) is 57.9 Å². The first-order chi connectivity index (χ1) is 9.27. The van der Waals surface area contributed by atoms with Gasteiger partial charge in [0.25, 0.3) is 0 Å². The third kappa shape index (κ3) is 7.21. The lowest BCUT2D eigenvalue weighted by Crippen LogP contribution is -2.37. The van der Waals surface area contributed by atoms with Gasteiger partial charge in [0.15, 0.2) is 0 Å². The number of carbonyl (C=O) groups excluding carboxylic acids is 1. The van der Waals surface area contributed by atoms with Gasteiger partial charge in [-0.2, -0.15) is 11.8 Å². The van der Waals surface area contributed by atoms with E-state index in [-0.39, 0.29) is 11.9 Å². The van der Waals surface area contributed by atoms with Gasteiger partial charge in [0, 0.05) is 6.04 Å². The van der Waals surface area contributed by atoms with Gasteiger partial charge in [0.2, 0.25) is 0 Å². The lowest BCUT2D eigenvalue weighted by Gasteiger charge is -2.28. The maximum absolute atomic E-state index is 11.7. The summed E-state index contributed by atoms with van der Waals surface area (Å²) in [6.07, 6.45) is 10.4. The molecule has 0 radical (unpaired) electrons. The molecule has 0 aromatic carbocycles. The summed E-state index contributed by atoms with van der Waals surface area (Å²) in [6.45, 7) is 3.47. The van der Waals surface area contributed by atoms with E-state index in [0.29, 0.717) is 12.6 Å². The summed E-state index contributed by atoms with van der Waals surface area (Å²) in [7, 11) is 0. The molecule has 0 bridgehead atoms. The predicted octanol–water partition coefficient (Wildman–Crippen LogP) is 3.23. The smallest absolute Gasteiger partial charge is 0.308 e. The topological polar surface area (TPSA) is 38.3 Å². The molecule has 2 atom stereocenters. The van der Waals surface area contributed by atoms with Crippen molar-refractivity contribution in [3.05, 3.63) is 0 Å². The molecule has 0 aromatic heterocycles. The number of ether oxygens (including phenoxy) is 1. The Morgan fingerprint density at radius 3 is 2.89 bits per heavy atom. The molecule has 19 heavy (non-hydrogen) atoms. The van der Waals surface area contributed by atoms with Gasteiger partial charge in [-0.15, -0.1) is 0 Å². The first-order valence-electron chi connectivity index (χ1n) is 7.66. The van der Waals surface area contributed by atoms with Crippen molar-refractivity contribution in [1.29, 1.82) is 0 Å². The van der Waals surface area contributed by atoms with E-state index >= 15 is 0 Å². The largest absolute Gasteiger partial charge is 0.466 e. The molecule has 1 N–H and O–H groups in total. The number of unbranched alkanes of at least 4 members (excludes halogenated alkanes) is 2. The van der Waals surface area contributed by atoms with Crippen molar-refractivity contribution >= 4 is 17.7 Å². The van der Waals surface area contributed by atoms with E-state index in [1.165, 1.54) is 31.4 Å². The quantitative estimate of drug-likeness (QED) is 0.522. The van der Waals surface area contributed by atoms with E-state index in [4.69, 9.17) is 4.74 Å². The average molecular weight is 287 g/mol. The van der Waals surface area contributed by atoms with Gasteiger partial charge in [-0.1, -0.05) is 12.8 Å². The number of hydrogen-bond donors (Lipinski definition) is 1. The predicted molar refractivity (Wildman–Crippen MR) is 82.6 cm³/mol. The minimum atomic E-state index is 0.00831. The highest BCUT2D eigenvalue weighted by Crippen LogP contribution is 2.25. The van der Waals surface area contributed by atoms with Crippen molar-refractivity contribution in [2.24, 2.45) is 5.92 Å². The molecule has 0 heterocycles. The molecule has 1 aliphatic rings. The van der Waals surface area contributed by atoms with Crippen LogP contribution in [0.25, 0.3) is 0 Å². The van der Waals surface area contributed by atoms with E-state index in [0.717, 1.165) is 25.8 Å². The van der Waals surface area contributed by atoms with Crippen LogP contribution in [0.2, 0.25) is 0 Å². The zero-order chi connectivity index (χ0) is 13.9. The van der Waals surface area contributed by atoms with Crippen LogP contribution in [0.15, 0.2) is 0 Å². The fourth-order valence-electron chi connectivity index (χ4n) is 2.70. The highest BCUT2D eigenvalue weighted by molar-refractivity contribution is 7.98. The normalized spacial score (nSPS) is 23.3. The Hall–Kier alpha value is -0.220. The van der Waals surface area contributed by atoms with Crippen LogP contribution in [0, 0.1) is 5.92 Å². The standard InChI is InChI=1S/C15H29NO2S/c1-3-18-15(17)13-8-7-9-14(12-13)16-10-5-4-6-11-19-2/h13-14,16H,3-12H2,1-2H3.